The predicted molar refractivity (Wildman–Crippen MR) is 54.0 cm³/mol. The summed E-state index contributed by atoms with van der Waals surface area (Å²) >= 11 is 0. The van der Waals surface area contributed by atoms with Crippen LogP contribution in [0.3, 0.4) is 0 Å². The summed E-state index contributed by atoms with van der Waals surface area (Å²) in [5, 5.41) is 12.8. The first-order valence-corrected chi connectivity index (χ1v) is 4.81. The fourth-order valence-electron chi connectivity index (χ4n) is 1.87. The highest BCUT2D eigenvalue weighted by molar-refractivity contribution is 5.75. The topological polar surface area (TPSA) is 58.6 Å². The molecule has 80 valence electrons. The van der Waals surface area contributed by atoms with Crippen LogP contribution >= 0.6 is 0 Å². The summed E-state index contributed by atoms with van der Waals surface area (Å²) in [4.78, 5) is 11.2. The van der Waals surface area contributed by atoms with Crippen LogP contribution in [-0.2, 0) is 16.1 Å². The first-order valence-electron chi connectivity index (χ1n) is 4.81. The number of nitrogens with one attached hydrogen (secondary N) is 1. The van der Waals surface area contributed by atoms with Crippen LogP contribution in [0.15, 0.2) is 24.3 Å². The fraction of sp³-hybridized carbons (Fsp3) is 0.364. The Labute approximate surface area is 87.9 Å². The zero-order chi connectivity index (χ0) is 10.8. The van der Waals surface area contributed by atoms with E-state index in [-0.39, 0.29) is 6.04 Å². The Morgan fingerprint density at radius 1 is 1.60 bits per heavy atom. The van der Waals surface area contributed by atoms with Crippen molar-refractivity contribution in [2.45, 2.75) is 18.7 Å². The predicted octanol–water partition coefficient (Wildman–Crippen LogP) is 0.365. The molecule has 2 unspecified atom stereocenters. The van der Waals surface area contributed by atoms with Gasteiger partial charge in [0.2, 0.25) is 0 Å². The van der Waals surface area contributed by atoms with Crippen LogP contribution in [0.2, 0.25) is 0 Å². The van der Waals surface area contributed by atoms with Crippen molar-refractivity contribution in [1.29, 1.82) is 0 Å². The van der Waals surface area contributed by atoms with Crippen molar-refractivity contribution >= 4 is 5.97 Å². The zero-order valence-corrected chi connectivity index (χ0v) is 8.43. The van der Waals surface area contributed by atoms with Crippen LogP contribution in [-0.4, -0.2) is 24.3 Å². The third kappa shape index (κ3) is 1.73. The van der Waals surface area contributed by atoms with Gasteiger partial charge in [-0.05, 0) is 11.1 Å². The molecule has 1 aromatic carbocycles. The molecule has 1 aliphatic rings. The van der Waals surface area contributed by atoms with Gasteiger partial charge in [-0.2, -0.15) is 0 Å². The van der Waals surface area contributed by atoms with E-state index < -0.39 is 12.1 Å². The van der Waals surface area contributed by atoms with Gasteiger partial charge in [0.05, 0.1) is 13.2 Å². The third-order valence-electron chi connectivity index (χ3n) is 2.66. The maximum Gasteiger partial charge on any atom is 0.336 e. The van der Waals surface area contributed by atoms with Crippen LogP contribution in [0.1, 0.15) is 17.2 Å². The van der Waals surface area contributed by atoms with Crippen LogP contribution in [0.4, 0.5) is 0 Å². The molecule has 15 heavy (non-hydrogen) atoms. The van der Waals surface area contributed by atoms with Gasteiger partial charge in [0.25, 0.3) is 0 Å². The molecule has 1 heterocycles. The van der Waals surface area contributed by atoms with E-state index >= 15 is 0 Å². The van der Waals surface area contributed by atoms with E-state index in [1.165, 1.54) is 7.11 Å². The van der Waals surface area contributed by atoms with Crippen LogP contribution in [0.25, 0.3) is 0 Å². The lowest BCUT2D eigenvalue weighted by atomic mass is 10.0. The molecule has 0 bridgehead atoms. The van der Waals surface area contributed by atoms with Gasteiger partial charge < -0.3 is 15.2 Å². The first-order chi connectivity index (χ1) is 7.24. The van der Waals surface area contributed by atoms with Gasteiger partial charge in [-0.25, -0.2) is 4.79 Å². The number of methoxy groups -OCH3 is 1. The molecule has 2 N–H and O–H groups in total. The summed E-state index contributed by atoms with van der Waals surface area (Å²) in [6.45, 7) is 0.675. The van der Waals surface area contributed by atoms with E-state index in [0.717, 1.165) is 11.1 Å². The summed E-state index contributed by atoms with van der Waals surface area (Å²) < 4.78 is 4.51. The molecular formula is C11H13NO3. The number of fused-ring (bicyclic) bond motifs is 1. The number of rotatable bonds is 2. The average molecular weight is 207 g/mol. The Morgan fingerprint density at radius 2 is 2.33 bits per heavy atom. The van der Waals surface area contributed by atoms with Gasteiger partial charge >= 0.3 is 5.97 Å². The lowest BCUT2D eigenvalue weighted by molar-refractivity contribution is -0.152. The van der Waals surface area contributed by atoms with E-state index in [1.54, 1.807) is 0 Å². The molecule has 1 aromatic rings. The Bertz CT molecular complexity index is 378. The minimum absolute atomic E-state index is 0.353. The fourth-order valence-corrected chi connectivity index (χ4v) is 1.87. The highest BCUT2D eigenvalue weighted by Crippen LogP contribution is 2.27. The molecule has 0 fully saturated rings. The highest BCUT2D eigenvalue weighted by atomic mass is 16.5. The molecule has 0 spiro atoms. The summed E-state index contributed by atoms with van der Waals surface area (Å²) in [7, 11) is 1.27. The maximum absolute atomic E-state index is 11.2. The van der Waals surface area contributed by atoms with E-state index in [9.17, 15) is 9.90 Å². The SMILES string of the molecule is COC(=O)C(O)C1NCc2ccccc21. The monoisotopic (exact) mass is 207 g/mol. The average Bonchev–Trinajstić information content (AvgIpc) is 2.70. The number of carbonyl (C=O) groups excluding carboxylic acids is 1. The number of ether oxygens (including phenoxy) is 1. The summed E-state index contributed by atoms with van der Waals surface area (Å²) in [6, 6.07) is 7.36. The zero-order valence-electron chi connectivity index (χ0n) is 8.43. The lowest BCUT2D eigenvalue weighted by Crippen LogP contribution is -2.34. The number of aliphatic hydroxyl groups is 1. The number of carbonyl (C=O) groups is 1. The minimum Gasteiger partial charge on any atom is -0.467 e. The van der Waals surface area contributed by atoms with E-state index in [1.807, 2.05) is 24.3 Å². The molecule has 4 heteroatoms. The standard InChI is InChI=1S/C11H13NO3/c1-15-11(14)10(13)9-8-5-3-2-4-7(8)6-12-9/h2-5,9-10,12-13H,6H2,1H3. The molecule has 0 aliphatic carbocycles. The maximum atomic E-state index is 11.2. The lowest BCUT2D eigenvalue weighted by Gasteiger charge is -2.17. The van der Waals surface area contributed by atoms with Gasteiger partial charge in [0, 0.05) is 6.54 Å². The Hall–Kier alpha value is -1.39. The second-order valence-electron chi connectivity index (χ2n) is 3.53. The number of hydrogen-bond donors (Lipinski definition) is 2. The molecule has 2 atom stereocenters. The normalized spacial score (nSPS) is 20.8. The van der Waals surface area contributed by atoms with Gasteiger partial charge in [-0.15, -0.1) is 0 Å². The number of aliphatic hydroxyl groups excluding tert-OH is 1. The van der Waals surface area contributed by atoms with Crippen molar-refractivity contribution in [3.05, 3.63) is 35.4 Å². The van der Waals surface area contributed by atoms with Crippen molar-refractivity contribution in [3.8, 4) is 0 Å². The van der Waals surface area contributed by atoms with Gasteiger partial charge in [-0.1, -0.05) is 24.3 Å². The molecule has 1 aliphatic heterocycles. The van der Waals surface area contributed by atoms with Crippen molar-refractivity contribution in [2.75, 3.05) is 7.11 Å². The highest BCUT2D eigenvalue weighted by Gasteiger charge is 2.32. The second kappa shape index (κ2) is 4.00. The third-order valence-corrected chi connectivity index (χ3v) is 2.66. The molecule has 0 radical (unpaired) electrons. The van der Waals surface area contributed by atoms with Gasteiger partial charge in [0.15, 0.2) is 6.10 Å². The molecule has 0 aromatic heterocycles. The molecule has 0 saturated carbocycles. The molecular weight excluding hydrogens is 194 g/mol. The Kier molecular flexibility index (Phi) is 2.70. The van der Waals surface area contributed by atoms with Gasteiger partial charge in [0.1, 0.15) is 0 Å². The van der Waals surface area contributed by atoms with Crippen molar-refractivity contribution in [1.82, 2.24) is 5.32 Å². The van der Waals surface area contributed by atoms with Gasteiger partial charge in [-0.3, -0.25) is 0 Å². The van der Waals surface area contributed by atoms with Crippen LogP contribution in [0.5, 0.6) is 0 Å². The minimum atomic E-state index is -1.14. The second-order valence-corrected chi connectivity index (χ2v) is 3.53. The summed E-state index contributed by atoms with van der Waals surface area (Å²) in [5.41, 5.74) is 2.08. The number of hydrogen-bond acceptors (Lipinski definition) is 4. The van der Waals surface area contributed by atoms with E-state index in [0.29, 0.717) is 6.54 Å². The first kappa shape index (κ1) is 10.1. The molecule has 4 nitrogen and oxygen atoms in total. The summed E-state index contributed by atoms with van der Waals surface area (Å²) in [5.74, 6) is -0.607. The quantitative estimate of drug-likeness (QED) is 0.688. The smallest absolute Gasteiger partial charge is 0.336 e. The number of esters is 1. The van der Waals surface area contributed by atoms with Crippen LogP contribution < -0.4 is 5.32 Å². The molecule has 0 saturated heterocycles. The molecule has 0 amide bonds. The van der Waals surface area contributed by atoms with Crippen molar-refractivity contribution in [3.63, 3.8) is 0 Å². The Balaban J connectivity index is 2.24. The Morgan fingerprint density at radius 3 is 3.07 bits per heavy atom. The number of benzene rings is 1. The largest absolute Gasteiger partial charge is 0.467 e. The van der Waals surface area contributed by atoms with Crippen molar-refractivity contribution in [2.24, 2.45) is 0 Å². The molecule has 2 rings (SSSR count). The van der Waals surface area contributed by atoms with E-state index in [2.05, 4.69) is 10.1 Å². The van der Waals surface area contributed by atoms with Crippen molar-refractivity contribution < 1.29 is 14.6 Å². The van der Waals surface area contributed by atoms with Crippen LogP contribution in [0, 0.1) is 0 Å². The summed E-state index contributed by atoms with van der Waals surface area (Å²) in [6.07, 6.45) is -1.14. The van der Waals surface area contributed by atoms with E-state index in [4.69, 9.17) is 0 Å².